The maximum atomic E-state index is 12.1. The summed E-state index contributed by atoms with van der Waals surface area (Å²) in [6.07, 6.45) is 0. The van der Waals surface area contributed by atoms with Crippen molar-refractivity contribution in [1.29, 1.82) is 0 Å². The number of nitrogens with one attached hydrogen (secondary N) is 1. The summed E-state index contributed by atoms with van der Waals surface area (Å²) in [5.74, 6) is 0. The minimum atomic E-state index is -3.60. The predicted octanol–water partition coefficient (Wildman–Crippen LogP) is 3.71. The molecule has 0 aliphatic carbocycles. The maximum Gasteiger partial charge on any atom is 0.242 e. The van der Waals surface area contributed by atoms with Crippen LogP contribution in [0, 0.1) is 0 Å². The minimum absolute atomic E-state index is 0.0961. The van der Waals surface area contributed by atoms with Crippen molar-refractivity contribution >= 4 is 37.6 Å². The molecule has 0 aliphatic rings. The van der Waals surface area contributed by atoms with Crippen molar-refractivity contribution in [2.24, 2.45) is 0 Å². The topological polar surface area (TPSA) is 46.2 Å². The molecule has 0 saturated carbocycles. The van der Waals surface area contributed by atoms with Crippen molar-refractivity contribution < 1.29 is 8.42 Å². The molecule has 2 aromatic rings. The van der Waals surface area contributed by atoms with Crippen molar-refractivity contribution in [3.8, 4) is 0 Å². The molecule has 0 saturated heterocycles. The lowest BCUT2D eigenvalue weighted by Crippen LogP contribution is -2.23. The van der Waals surface area contributed by atoms with Crippen LogP contribution in [0.15, 0.2) is 53.4 Å². The number of alkyl halides is 1. The molecule has 0 aromatic heterocycles. The first-order chi connectivity index (χ1) is 9.53. The van der Waals surface area contributed by atoms with Crippen LogP contribution in [0.4, 0.5) is 0 Å². The Kier molecular flexibility index (Phi) is 5.21. The van der Waals surface area contributed by atoms with Gasteiger partial charge in [-0.3, -0.25) is 0 Å². The average Bonchev–Trinajstić information content (AvgIpc) is 2.46. The molecule has 0 heterocycles. The van der Waals surface area contributed by atoms with E-state index in [1.165, 1.54) is 6.07 Å². The smallest absolute Gasteiger partial charge is 0.207 e. The number of sulfonamides is 1. The summed E-state index contributed by atoms with van der Waals surface area (Å²) in [6.45, 7) is 0.232. The fourth-order valence-corrected chi connectivity index (χ4v) is 3.57. The molecule has 2 aromatic carbocycles. The average molecular weight is 375 g/mol. The Morgan fingerprint density at radius 2 is 1.60 bits per heavy atom. The third-order valence-corrected chi connectivity index (χ3v) is 5.32. The fraction of sp³-hybridized carbons (Fsp3) is 0.143. The van der Waals surface area contributed by atoms with Crippen LogP contribution in [0.25, 0.3) is 0 Å². The van der Waals surface area contributed by atoms with Crippen molar-refractivity contribution in [3.05, 3.63) is 64.7 Å². The molecule has 0 radical (unpaired) electrons. The zero-order valence-corrected chi connectivity index (χ0v) is 13.7. The molecule has 20 heavy (non-hydrogen) atoms. The summed E-state index contributed by atoms with van der Waals surface area (Å²) in [6, 6.07) is 14.1. The number of hydrogen-bond acceptors (Lipinski definition) is 2. The second-order valence-electron chi connectivity index (χ2n) is 4.21. The molecule has 1 N–H and O–H groups in total. The molecule has 3 nitrogen and oxygen atoms in total. The summed E-state index contributed by atoms with van der Waals surface area (Å²) in [4.78, 5) is 0.0961. The monoisotopic (exact) mass is 373 g/mol. The van der Waals surface area contributed by atoms with Gasteiger partial charge in [-0.25, -0.2) is 13.1 Å². The van der Waals surface area contributed by atoms with Crippen LogP contribution in [0.2, 0.25) is 5.02 Å². The molecule has 106 valence electrons. The lowest BCUT2D eigenvalue weighted by molar-refractivity contribution is 0.581. The molecular formula is C14H13BrClNO2S. The van der Waals surface area contributed by atoms with Crippen molar-refractivity contribution in [1.82, 2.24) is 4.72 Å². The Labute approximate surface area is 132 Å². The van der Waals surface area contributed by atoms with Crippen molar-refractivity contribution in [3.63, 3.8) is 0 Å². The van der Waals surface area contributed by atoms with Crippen LogP contribution in [-0.4, -0.2) is 8.42 Å². The maximum absolute atomic E-state index is 12.1. The normalized spacial score (nSPS) is 11.5. The van der Waals surface area contributed by atoms with E-state index >= 15 is 0 Å². The fourth-order valence-electron chi connectivity index (χ4n) is 1.66. The van der Waals surface area contributed by atoms with Crippen LogP contribution < -0.4 is 4.72 Å². The molecule has 0 atom stereocenters. The molecular weight excluding hydrogens is 362 g/mol. The largest absolute Gasteiger partial charge is 0.242 e. The highest BCUT2D eigenvalue weighted by Gasteiger charge is 2.16. The Morgan fingerprint density at radius 1 is 1.00 bits per heavy atom. The summed E-state index contributed by atoms with van der Waals surface area (Å²) >= 11 is 9.27. The van der Waals surface area contributed by atoms with E-state index in [1.54, 1.807) is 18.2 Å². The second kappa shape index (κ2) is 6.72. The Bertz CT molecular complexity index is 687. The molecule has 0 spiro atoms. The van der Waals surface area contributed by atoms with Gasteiger partial charge in [-0.15, -0.1) is 0 Å². The van der Waals surface area contributed by atoms with E-state index in [0.717, 1.165) is 16.5 Å². The number of halogens is 2. The van der Waals surface area contributed by atoms with Crippen LogP contribution in [0.1, 0.15) is 11.1 Å². The van der Waals surface area contributed by atoms with E-state index < -0.39 is 10.0 Å². The van der Waals surface area contributed by atoms with Crippen LogP contribution >= 0.6 is 27.5 Å². The zero-order valence-electron chi connectivity index (χ0n) is 10.5. The van der Waals surface area contributed by atoms with Gasteiger partial charge < -0.3 is 0 Å². The molecule has 2 rings (SSSR count). The van der Waals surface area contributed by atoms with Gasteiger partial charge in [0.15, 0.2) is 0 Å². The first kappa shape index (κ1) is 15.5. The quantitative estimate of drug-likeness (QED) is 0.811. The van der Waals surface area contributed by atoms with E-state index in [1.807, 2.05) is 24.3 Å². The van der Waals surface area contributed by atoms with Gasteiger partial charge in [-0.05, 0) is 23.3 Å². The van der Waals surface area contributed by atoms with Crippen LogP contribution in [0.5, 0.6) is 0 Å². The third kappa shape index (κ3) is 3.82. The van der Waals surface area contributed by atoms with Gasteiger partial charge in [0.2, 0.25) is 10.0 Å². The SMILES string of the molecule is O=S(=O)(NCc1ccc(CBr)cc1)c1ccccc1Cl. The standard InChI is InChI=1S/C14H13BrClNO2S/c15-9-11-5-7-12(8-6-11)10-17-20(18,19)14-4-2-1-3-13(14)16/h1-8,17H,9-10H2. The molecule has 0 aliphatic heterocycles. The van der Waals surface area contributed by atoms with Crippen molar-refractivity contribution in [2.45, 2.75) is 16.8 Å². The summed E-state index contributed by atoms with van der Waals surface area (Å²) < 4.78 is 26.8. The Balaban J connectivity index is 2.11. The first-order valence-electron chi connectivity index (χ1n) is 5.91. The summed E-state index contributed by atoms with van der Waals surface area (Å²) in [5.41, 5.74) is 2.04. The Morgan fingerprint density at radius 3 is 2.20 bits per heavy atom. The summed E-state index contributed by atoms with van der Waals surface area (Å²) in [5, 5.41) is 0.994. The van der Waals surface area contributed by atoms with E-state index in [2.05, 4.69) is 20.7 Å². The lowest BCUT2D eigenvalue weighted by Gasteiger charge is -2.08. The van der Waals surface area contributed by atoms with Crippen LogP contribution in [0.3, 0.4) is 0 Å². The number of benzene rings is 2. The van der Waals surface area contributed by atoms with E-state index in [0.29, 0.717) is 0 Å². The third-order valence-electron chi connectivity index (χ3n) is 2.77. The minimum Gasteiger partial charge on any atom is -0.207 e. The van der Waals surface area contributed by atoms with E-state index in [-0.39, 0.29) is 16.5 Å². The van der Waals surface area contributed by atoms with Gasteiger partial charge >= 0.3 is 0 Å². The summed E-state index contributed by atoms with van der Waals surface area (Å²) in [7, 11) is -3.60. The van der Waals surface area contributed by atoms with Gasteiger partial charge in [0.05, 0.1) is 5.02 Å². The molecule has 6 heteroatoms. The van der Waals surface area contributed by atoms with Gasteiger partial charge in [-0.2, -0.15) is 0 Å². The second-order valence-corrected chi connectivity index (χ2v) is 6.91. The molecule has 0 bridgehead atoms. The molecule has 0 amide bonds. The highest BCUT2D eigenvalue weighted by atomic mass is 79.9. The zero-order chi connectivity index (χ0) is 14.6. The lowest BCUT2D eigenvalue weighted by atomic mass is 10.2. The number of hydrogen-bond donors (Lipinski definition) is 1. The van der Waals surface area contributed by atoms with Gasteiger partial charge in [0.1, 0.15) is 4.90 Å². The molecule has 0 unspecified atom stereocenters. The van der Waals surface area contributed by atoms with Gasteiger partial charge in [0.25, 0.3) is 0 Å². The van der Waals surface area contributed by atoms with Crippen LogP contribution in [-0.2, 0) is 21.9 Å². The highest BCUT2D eigenvalue weighted by Crippen LogP contribution is 2.20. The van der Waals surface area contributed by atoms with Gasteiger partial charge in [0, 0.05) is 11.9 Å². The van der Waals surface area contributed by atoms with Gasteiger partial charge in [-0.1, -0.05) is 63.9 Å². The first-order valence-corrected chi connectivity index (χ1v) is 8.89. The molecule has 0 fully saturated rings. The number of rotatable bonds is 5. The Hall–Kier alpha value is -0.880. The highest BCUT2D eigenvalue weighted by molar-refractivity contribution is 9.08. The van der Waals surface area contributed by atoms with E-state index in [4.69, 9.17) is 11.6 Å². The predicted molar refractivity (Wildman–Crippen MR) is 84.6 cm³/mol. The van der Waals surface area contributed by atoms with E-state index in [9.17, 15) is 8.42 Å². The van der Waals surface area contributed by atoms with Crippen molar-refractivity contribution in [2.75, 3.05) is 0 Å².